The predicted molar refractivity (Wildman–Crippen MR) is 128 cm³/mol. The first kappa shape index (κ1) is 22.7. The van der Waals surface area contributed by atoms with Crippen LogP contribution in [0.25, 0.3) is 0 Å². The summed E-state index contributed by atoms with van der Waals surface area (Å²) in [5, 5.41) is 5.44. The summed E-state index contributed by atoms with van der Waals surface area (Å²) in [5.74, 6) is -1.14. The summed E-state index contributed by atoms with van der Waals surface area (Å²) >= 11 is 0. The molecule has 0 saturated heterocycles. The average molecular weight is 455 g/mol. The lowest BCUT2D eigenvalue weighted by Gasteiger charge is -2.12. The molecule has 0 atom stereocenters. The highest BCUT2D eigenvalue weighted by molar-refractivity contribution is 6.07. The van der Waals surface area contributed by atoms with Crippen LogP contribution in [0, 0.1) is 12.7 Å². The molecule has 0 bridgehead atoms. The van der Waals surface area contributed by atoms with Gasteiger partial charge < -0.3 is 15.4 Å². The van der Waals surface area contributed by atoms with Gasteiger partial charge in [0.25, 0.3) is 11.8 Å². The fourth-order valence-corrected chi connectivity index (χ4v) is 3.21. The Labute approximate surface area is 196 Å². The summed E-state index contributed by atoms with van der Waals surface area (Å²) in [6.45, 7) is 2.18. The van der Waals surface area contributed by atoms with Gasteiger partial charge in [0.15, 0.2) is 0 Å². The van der Waals surface area contributed by atoms with E-state index in [1.165, 1.54) is 24.4 Å². The molecule has 34 heavy (non-hydrogen) atoms. The molecule has 0 aliphatic heterocycles. The Hall–Kier alpha value is -4.52. The van der Waals surface area contributed by atoms with Gasteiger partial charge in [-0.1, -0.05) is 48.5 Å². The third-order valence-electron chi connectivity index (χ3n) is 5.09. The SMILES string of the molecule is Cc1ccc(C(=O)Nc2ccc(OCc3ccccc3)nc2)cc1NC(=O)c1ccccc1F. The van der Waals surface area contributed by atoms with Crippen molar-refractivity contribution in [1.82, 2.24) is 4.98 Å². The van der Waals surface area contributed by atoms with Crippen molar-refractivity contribution in [3.63, 3.8) is 0 Å². The van der Waals surface area contributed by atoms with Crippen LogP contribution in [-0.2, 0) is 6.61 Å². The number of carbonyl (C=O) groups excluding carboxylic acids is 2. The van der Waals surface area contributed by atoms with Crippen LogP contribution in [0.5, 0.6) is 5.88 Å². The highest BCUT2D eigenvalue weighted by atomic mass is 19.1. The molecule has 4 rings (SSSR count). The Morgan fingerprint density at radius 3 is 2.38 bits per heavy atom. The van der Waals surface area contributed by atoms with Crippen molar-refractivity contribution in [3.8, 4) is 5.88 Å². The number of hydrogen-bond acceptors (Lipinski definition) is 4. The molecule has 0 saturated carbocycles. The molecule has 2 amide bonds. The van der Waals surface area contributed by atoms with Gasteiger partial charge in [-0.3, -0.25) is 9.59 Å². The van der Waals surface area contributed by atoms with Crippen molar-refractivity contribution >= 4 is 23.2 Å². The first-order valence-electron chi connectivity index (χ1n) is 10.6. The lowest BCUT2D eigenvalue weighted by Crippen LogP contribution is -2.16. The Bertz CT molecular complexity index is 1310. The Kier molecular flexibility index (Phi) is 6.93. The number of carbonyl (C=O) groups is 2. The van der Waals surface area contributed by atoms with Crippen molar-refractivity contribution in [2.75, 3.05) is 10.6 Å². The fraction of sp³-hybridized carbons (Fsp3) is 0.0741. The molecule has 0 unspecified atom stereocenters. The second-order valence-electron chi connectivity index (χ2n) is 7.58. The molecular formula is C27H22FN3O3. The molecule has 0 fully saturated rings. The molecule has 1 heterocycles. The van der Waals surface area contributed by atoms with E-state index in [2.05, 4.69) is 15.6 Å². The number of amides is 2. The number of rotatable bonds is 7. The molecule has 0 aliphatic rings. The van der Waals surface area contributed by atoms with Crippen molar-refractivity contribution in [1.29, 1.82) is 0 Å². The number of benzene rings is 3. The van der Waals surface area contributed by atoms with Gasteiger partial charge in [0.05, 0.1) is 17.4 Å². The van der Waals surface area contributed by atoms with Gasteiger partial charge in [-0.05, 0) is 48.4 Å². The Balaban J connectivity index is 1.40. The van der Waals surface area contributed by atoms with Gasteiger partial charge in [0, 0.05) is 17.3 Å². The van der Waals surface area contributed by atoms with Crippen LogP contribution in [0.15, 0.2) is 91.1 Å². The van der Waals surface area contributed by atoms with Gasteiger partial charge in [-0.2, -0.15) is 0 Å². The van der Waals surface area contributed by atoms with Gasteiger partial charge in [0.1, 0.15) is 12.4 Å². The smallest absolute Gasteiger partial charge is 0.258 e. The van der Waals surface area contributed by atoms with Crippen molar-refractivity contribution < 1.29 is 18.7 Å². The van der Waals surface area contributed by atoms with Crippen molar-refractivity contribution in [3.05, 3.63) is 119 Å². The van der Waals surface area contributed by atoms with Crippen LogP contribution in [0.4, 0.5) is 15.8 Å². The van der Waals surface area contributed by atoms with E-state index < -0.39 is 11.7 Å². The highest BCUT2D eigenvalue weighted by Gasteiger charge is 2.14. The summed E-state index contributed by atoms with van der Waals surface area (Å²) in [6, 6.07) is 23.7. The maximum atomic E-state index is 13.9. The fourth-order valence-electron chi connectivity index (χ4n) is 3.21. The van der Waals surface area contributed by atoms with Gasteiger partial charge in [0.2, 0.25) is 5.88 Å². The van der Waals surface area contributed by atoms with Gasteiger partial charge >= 0.3 is 0 Å². The number of aryl methyl sites for hydroxylation is 1. The Morgan fingerprint density at radius 1 is 0.882 bits per heavy atom. The molecular weight excluding hydrogens is 433 g/mol. The predicted octanol–water partition coefficient (Wildman–Crippen LogP) is 5.61. The van der Waals surface area contributed by atoms with E-state index in [0.29, 0.717) is 29.4 Å². The zero-order valence-electron chi connectivity index (χ0n) is 18.4. The summed E-state index contributed by atoms with van der Waals surface area (Å²) in [7, 11) is 0. The zero-order chi connectivity index (χ0) is 23.9. The number of pyridine rings is 1. The van der Waals surface area contributed by atoms with Crippen molar-refractivity contribution in [2.45, 2.75) is 13.5 Å². The number of aromatic nitrogens is 1. The molecule has 7 heteroatoms. The monoisotopic (exact) mass is 455 g/mol. The first-order chi connectivity index (χ1) is 16.5. The largest absolute Gasteiger partial charge is 0.473 e. The molecule has 4 aromatic rings. The standard InChI is InChI=1S/C27H22FN3O3/c1-18-11-12-20(15-24(18)31-27(33)22-9-5-6-10-23(22)28)26(32)30-21-13-14-25(29-16-21)34-17-19-7-3-2-4-8-19/h2-16H,17H2,1H3,(H,30,32)(H,31,33). The molecule has 2 N–H and O–H groups in total. The molecule has 0 aliphatic carbocycles. The highest BCUT2D eigenvalue weighted by Crippen LogP contribution is 2.20. The van der Waals surface area contributed by atoms with Crippen molar-refractivity contribution in [2.24, 2.45) is 0 Å². The molecule has 1 aromatic heterocycles. The third kappa shape index (κ3) is 5.63. The summed E-state index contributed by atoms with van der Waals surface area (Å²) in [4.78, 5) is 29.4. The van der Waals surface area contributed by atoms with Gasteiger partial charge in [-0.15, -0.1) is 0 Å². The number of halogens is 1. The average Bonchev–Trinajstić information content (AvgIpc) is 2.85. The Morgan fingerprint density at radius 2 is 1.65 bits per heavy atom. The van der Waals surface area contributed by atoms with E-state index in [0.717, 1.165) is 11.1 Å². The quantitative estimate of drug-likeness (QED) is 0.379. The maximum Gasteiger partial charge on any atom is 0.258 e. The molecule has 3 aromatic carbocycles. The second kappa shape index (κ2) is 10.4. The summed E-state index contributed by atoms with van der Waals surface area (Å²) in [5.41, 5.74) is 2.94. The molecule has 170 valence electrons. The van der Waals surface area contributed by atoms with Crippen LogP contribution >= 0.6 is 0 Å². The minimum absolute atomic E-state index is 0.0719. The molecule has 0 spiro atoms. The minimum Gasteiger partial charge on any atom is -0.473 e. The topological polar surface area (TPSA) is 80.3 Å². The van der Waals surface area contributed by atoms with Crippen LogP contribution in [0.3, 0.4) is 0 Å². The summed E-state index contributed by atoms with van der Waals surface area (Å²) < 4.78 is 19.6. The van der Waals surface area contributed by atoms with Gasteiger partial charge in [-0.25, -0.2) is 9.37 Å². The number of nitrogens with zero attached hydrogens (tertiary/aromatic N) is 1. The minimum atomic E-state index is -0.616. The number of nitrogens with one attached hydrogen (secondary N) is 2. The van der Waals surface area contributed by atoms with E-state index in [4.69, 9.17) is 4.74 Å². The number of ether oxygens (including phenoxy) is 1. The molecule has 0 radical (unpaired) electrons. The zero-order valence-corrected chi connectivity index (χ0v) is 18.4. The normalized spacial score (nSPS) is 10.4. The lowest BCUT2D eigenvalue weighted by molar-refractivity contribution is 0.101. The number of anilines is 2. The first-order valence-corrected chi connectivity index (χ1v) is 10.6. The lowest BCUT2D eigenvalue weighted by atomic mass is 10.1. The van der Waals surface area contributed by atoms with Crippen LogP contribution < -0.4 is 15.4 Å². The van der Waals surface area contributed by atoms with E-state index in [1.807, 2.05) is 30.3 Å². The van der Waals surface area contributed by atoms with E-state index in [-0.39, 0.29) is 11.5 Å². The maximum absolute atomic E-state index is 13.9. The van der Waals surface area contributed by atoms with E-state index >= 15 is 0 Å². The third-order valence-corrected chi connectivity index (χ3v) is 5.09. The summed E-state index contributed by atoms with van der Waals surface area (Å²) in [6.07, 6.45) is 1.51. The second-order valence-corrected chi connectivity index (χ2v) is 7.58. The number of hydrogen-bond donors (Lipinski definition) is 2. The van der Waals surface area contributed by atoms with Crippen LogP contribution in [-0.4, -0.2) is 16.8 Å². The van der Waals surface area contributed by atoms with Crippen LogP contribution in [0.1, 0.15) is 31.8 Å². The molecule has 6 nitrogen and oxygen atoms in total. The van der Waals surface area contributed by atoms with E-state index in [1.54, 1.807) is 43.3 Å². The van der Waals surface area contributed by atoms with Crippen LogP contribution in [0.2, 0.25) is 0 Å². The van der Waals surface area contributed by atoms with E-state index in [9.17, 15) is 14.0 Å².